The summed E-state index contributed by atoms with van der Waals surface area (Å²) in [6.07, 6.45) is 6.41. The van der Waals surface area contributed by atoms with E-state index in [9.17, 15) is 0 Å². The van der Waals surface area contributed by atoms with Gasteiger partial charge >= 0.3 is 0 Å². The van der Waals surface area contributed by atoms with Gasteiger partial charge in [-0.15, -0.1) is 0 Å². The van der Waals surface area contributed by atoms with Crippen LogP contribution in [-0.4, -0.2) is 0 Å². The SMILES string of the molecule is [2H]C1(c2cc[n+](C)c(-c3cc(-c4ccccc4)ccc3C)c2)CCCC1. The van der Waals surface area contributed by atoms with Crippen LogP contribution >= 0.6 is 0 Å². The summed E-state index contributed by atoms with van der Waals surface area (Å²) < 4.78 is 11.1. The average molecular weight is 329 g/mol. The van der Waals surface area contributed by atoms with Gasteiger partial charge in [-0.2, -0.15) is 0 Å². The van der Waals surface area contributed by atoms with E-state index in [1.807, 2.05) is 0 Å². The third-order valence-corrected chi connectivity index (χ3v) is 5.39. The van der Waals surface area contributed by atoms with Gasteiger partial charge < -0.3 is 0 Å². The molecule has 0 radical (unpaired) electrons. The summed E-state index contributed by atoms with van der Waals surface area (Å²) in [5, 5.41) is 0. The molecule has 1 saturated carbocycles. The molecule has 0 amide bonds. The van der Waals surface area contributed by atoms with Gasteiger partial charge in [0.2, 0.25) is 5.69 Å². The Balaban J connectivity index is 1.82. The number of hydrogen-bond donors (Lipinski definition) is 0. The fourth-order valence-corrected chi connectivity index (χ4v) is 3.86. The van der Waals surface area contributed by atoms with Crippen LogP contribution in [-0.2, 0) is 7.05 Å². The number of nitrogens with zero attached hydrogens (tertiary/aromatic N) is 1. The molecule has 1 heterocycles. The summed E-state index contributed by atoms with van der Waals surface area (Å²) in [7, 11) is 2.10. The van der Waals surface area contributed by atoms with Crippen molar-refractivity contribution in [1.29, 1.82) is 0 Å². The maximum atomic E-state index is 8.87. The van der Waals surface area contributed by atoms with Crippen LogP contribution < -0.4 is 4.57 Å². The van der Waals surface area contributed by atoms with E-state index in [0.29, 0.717) is 0 Å². The molecule has 0 aliphatic heterocycles. The van der Waals surface area contributed by atoms with E-state index >= 15 is 0 Å². The van der Waals surface area contributed by atoms with Crippen molar-refractivity contribution in [2.24, 2.45) is 7.05 Å². The van der Waals surface area contributed by atoms with Gasteiger partial charge in [0, 0.05) is 19.1 Å². The van der Waals surface area contributed by atoms with Gasteiger partial charge in [-0.3, -0.25) is 0 Å². The van der Waals surface area contributed by atoms with Gasteiger partial charge in [0.1, 0.15) is 7.05 Å². The fraction of sp³-hybridized carbons (Fsp3) is 0.292. The highest BCUT2D eigenvalue weighted by Gasteiger charge is 2.21. The Morgan fingerprint density at radius 2 is 1.68 bits per heavy atom. The molecule has 1 aliphatic carbocycles. The van der Waals surface area contributed by atoms with Gasteiger partial charge in [-0.25, -0.2) is 4.57 Å². The van der Waals surface area contributed by atoms with E-state index < -0.39 is 5.89 Å². The molecule has 126 valence electrons. The molecule has 1 aliphatic rings. The first kappa shape index (κ1) is 14.9. The number of aryl methyl sites for hydroxylation is 2. The average Bonchev–Trinajstić information content (AvgIpc) is 3.11. The second-order valence-electron chi connectivity index (χ2n) is 7.12. The minimum atomic E-state index is -0.409. The maximum Gasteiger partial charge on any atom is 0.212 e. The number of hydrogen-bond acceptors (Lipinski definition) is 0. The molecule has 1 aromatic heterocycles. The number of aromatic nitrogens is 1. The largest absolute Gasteiger partial charge is 0.212 e. The van der Waals surface area contributed by atoms with E-state index in [-0.39, 0.29) is 0 Å². The van der Waals surface area contributed by atoms with Crippen molar-refractivity contribution < 1.29 is 5.94 Å². The summed E-state index contributed by atoms with van der Waals surface area (Å²) in [4.78, 5) is 0. The predicted octanol–water partition coefficient (Wildman–Crippen LogP) is 5.81. The highest BCUT2D eigenvalue weighted by Crippen LogP contribution is 2.35. The Hall–Kier alpha value is -2.41. The molecule has 3 aromatic rings. The van der Waals surface area contributed by atoms with Crippen LogP contribution in [0.25, 0.3) is 22.4 Å². The Kier molecular flexibility index (Phi) is 4.07. The van der Waals surface area contributed by atoms with E-state index in [2.05, 4.69) is 85.4 Å². The van der Waals surface area contributed by atoms with Crippen LogP contribution in [0.1, 0.15) is 44.1 Å². The smallest absolute Gasteiger partial charge is 0.201 e. The quantitative estimate of drug-likeness (QED) is 0.534. The second kappa shape index (κ2) is 6.84. The molecule has 0 saturated heterocycles. The lowest BCUT2D eigenvalue weighted by Gasteiger charge is -2.12. The van der Waals surface area contributed by atoms with E-state index in [4.69, 9.17) is 1.37 Å². The Morgan fingerprint density at radius 3 is 2.44 bits per heavy atom. The summed E-state index contributed by atoms with van der Waals surface area (Å²) >= 11 is 0. The minimum Gasteiger partial charge on any atom is -0.201 e. The molecule has 0 unspecified atom stereocenters. The number of benzene rings is 2. The van der Waals surface area contributed by atoms with Crippen LogP contribution in [0.5, 0.6) is 0 Å². The van der Waals surface area contributed by atoms with Gasteiger partial charge in [0.25, 0.3) is 0 Å². The molecule has 1 heteroatoms. The van der Waals surface area contributed by atoms with E-state index in [1.165, 1.54) is 40.8 Å². The first-order valence-electron chi connectivity index (χ1n) is 9.73. The van der Waals surface area contributed by atoms with Crippen molar-refractivity contribution in [3.05, 3.63) is 78.0 Å². The van der Waals surface area contributed by atoms with Crippen LogP contribution in [0.15, 0.2) is 66.9 Å². The second-order valence-corrected chi connectivity index (χ2v) is 7.12. The Morgan fingerprint density at radius 1 is 0.920 bits per heavy atom. The molecule has 0 bridgehead atoms. The van der Waals surface area contributed by atoms with Crippen molar-refractivity contribution in [3.63, 3.8) is 0 Å². The lowest BCUT2D eigenvalue weighted by atomic mass is 9.93. The van der Waals surface area contributed by atoms with E-state index in [0.717, 1.165) is 18.4 Å². The maximum absolute atomic E-state index is 8.87. The molecule has 2 aromatic carbocycles. The standard InChI is InChI=1S/C24H26N/c1-18-12-13-21(19-8-4-3-5-9-19)16-23(18)24-17-22(14-15-25(24)2)20-10-6-7-11-20/h3-5,8-9,12-17,20H,6-7,10-11H2,1-2H3/q+1/i20D. The van der Waals surface area contributed by atoms with Crippen molar-refractivity contribution in [2.75, 3.05) is 0 Å². The highest BCUT2D eigenvalue weighted by molar-refractivity contribution is 5.73. The van der Waals surface area contributed by atoms with Gasteiger partial charge in [-0.1, -0.05) is 55.3 Å². The summed E-state index contributed by atoms with van der Waals surface area (Å²) in [5.74, 6) is -0.409. The summed E-state index contributed by atoms with van der Waals surface area (Å²) in [6, 6.07) is 21.6. The number of pyridine rings is 1. The van der Waals surface area contributed by atoms with Crippen LogP contribution in [0.4, 0.5) is 0 Å². The Bertz CT molecular complexity index is 924. The zero-order valence-electron chi connectivity index (χ0n) is 16.1. The molecular weight excluding hydrogens is 302 g/mol. The zero-order chi connectivity index (χ0) is 18.1. The van der Waals surface area contributed by atoms with Crippen molar-refractivity contribution >= 4 is 0 Å². The van der Waals surface area contributed by atoms with Crippen molar-refractivity contribution in [1.82, 2.24) is 0 Å². The molecule has 0 atom stereocenters. The monoisotopic (exact) mass is 329 g/mol. The first-order valence-corrected chi connectivity index (χ1v) is 9.23. The molecule has 0 N–H and O–H groups in total. The van der Waals surface area contributed by atoms with Crippen LogP contribution in [0.3, 0.4) is 0 Å². The third kappa shape index (κ3) is 3.24. The minimum absolute atomic E-state index is 0.409. The lowest BCUT2D eigenvalue weighted by Crippen LogP contribution is -2.31. The zero-order valence-corrected chi connectivity index (χ0v) is 15.1. The predicted molar refractivity (Wildman–Crippen MR) is 104 cm³/mol. The van der Waals surface area contributed by atoms with Crippen LogP contribution in [0, 0.1) is 6.92 Å². The number of rotatable bonds is 3. The van der Waals surface area contributed by atoms with Crippen LogP contribution in [0.2, 0.25) is 0 Å². The molecule has 0 spiro atoms. The molecule has 25 heavy (non-hydrogen) atoms. The fourth-order valence-electron chi connectivity index (χ4n) is 3.86. The molecule has 1 nitrogen and oxygen atoms in total. The molecular formula is C24H26N+. The first-order chi connectivity index (χ1) is 12.6. The summed E-state index contributed by atoms with van der Waals surface area (Å²) in [6.45, 7) is 2.17. The topological polar surface area (TPSA) is 3.88 Å². The molecule has 1 fully saturated rings. The van der Waals surface area contributed by atoms with Gasteiger partial charge in [0.15, 0.2) is 6.20 Å². The van der Waals surface area contributed by atoms with E-state index in [1.54, 1.807) is 0 Å². The lowest BCUT2D eigenvalue weighted by molar-refractivity contribution is -0.660. The van der Waals surface area contributed by atoms with Crippen molar-refractivity contribution in [2.45, 2.75) is 38.5 Å². The van der Waals surface area contributed by atoms with Crippen molar-refractivity contribution in [3.8, 4) is 22.4 Å². The Labute approximate surface area is 152 Å². The normalized spacial score (nSPS) is 16.6. The third-order valence-electron chi connectivity index (χ3n) is 5.39. The highest BCUT2D eigenvalue weighted by atomic mass is 14.9. The van der Waals surface area contributed by atoms with Gasteiger partial charge in [-0.05, 0) is 54.0 Å². The molecule has 4 rings (SSSR count). The van der Waals surface area contributed by atoms with Gasteiger partial charge in [0.05, 0.1) is 0 Å². The summed E-state index contributed by atoms with van der Waals surface area (Å²) in [5.41, 5.74) is 7.34.